The Morgan fingerprint density at radius 1 is 1.00 bits per heavy atom. The first-order valence-corrected chi connectivity index (χ1v) is 11.3. The number of hydrogen-bond acceptors (Lipinski definition) is 3. The third-order valence-electron chi connectivity index (χ3n) is 4.64. The maximum absolute atomic E-state index is 13.3. The Hall–Kier alpha value is -2.83. The van der Waals surface area contributed by atoms with Gasteiger partial charge in [-0.3, -0.25) is 9.10 Å². The summed E-state index contributed by atoms with van der Waals surface area (Å²) < 4.78 is 27.7. The predicted molar refractivity (Wildman–Crippen MR) is 122 cm³/mol. The third-order valence-corrected chi connectivity index (χ3v) is 6.66. The van der Waals surface area contributed by atoms with Gasteiger partial charge in [0, 0.05) is 10.7 Å². The van der Waals surface area contributed by atoms with Gasteiger partial charge in [-0.2, -0.15) is 0 Å². The third kappa shape index (κ3) is 5.20. The van der Waals surface area contributed by atoms with Crippen molar-refractivity contribution in [3.8, 4) is 0 Å². The fraction of sp³-hybridized carbons (Fsp3) is 0.174. The number of sulfonamides is 1. The molecule has 0 saturated carbocycles. The zero-order valence-electron chi connectivity index (χ0n) is 16.8. The highest BCUT2D eigenvalue weighted by molar-refractivity contribution is 7.92. The molecule has 0 heterocycles. The Balaban J connectivity index is 1.91. The molecule has 3 aromatic rings. The van der Waals surface area contributed by atoms with Crippen LogP contribution in [0.25, 0.3) is 0 Å². The minimum atomic E-state index is -3.97. The molecule has 156 valence electrons. The number of anilines is 2. The number of carbonyl (C=O) groups is 1. The molecule has 3 rings (SSSR count). The number of aryl methyl sites for hydroxylation is 2. The fourth-order valence-corrected chi connectivity index (χ4v) is 4.54. The van der Waals surface area contributed by atoms with Crippen LogP contribution < -0.4 is 9.62 Å². The first-order valence-electron chi connectivity index (χ1n) is 9.53. The summed E-state index contributed by atoms with van der Waals surface area (Å²) in [6.07, 6.45) is 0.894. The largest absolute Gasteiger partial charge is 0.325 e. The van der Waals surface area contributed by atoms with Crippen molar-refractivity contribution in [1.82, 2.24) is 0 Å². The van der Waals surface area contributed by atoms with Crippen molar-refractivity contribution in [2.45, 2.75) is 25.2 Å². The number of halogens is 1. The SMILES string of the molecule is CCc1ccc(NC(=O)CN(c2cccc(Cl)c2)S(=O)(=O)c2ccc(C)cc2)cc1. The van der Waals surface area contributed by atoms with E-state index < -0.39 is 15.9 Å². The van der Waals surface area contributed by atoms with E-state index in [9.17, 15) is 13.2 Å². The highest BCUT2D eigenvalue weighted by Gasteiger charge is 2.27. The summed E-state index contributed by atoms with van der Waals surface area (Å²) in [6, 6.07) is 20.4. The second kappa shape index (κ2) is 9.32. The minimum Gasteiger partial charge on any atom is -0.325 e. The van der Waals surface area contributed by atoms with Crippen molar-refractivity contribution in [3.63, 3.8) is 0 Å². The van der Waals surface area contributed by atoms with E-state index in [1.807, 2.05) is 26.0 Å². The highest BCUT2D eigenvalue weighted by atomic mass is 35.5. The van der Waals surface area contributed by atoms with Crippen LogP contribution in [0.2, 0.25) is 5.02 Å². The molecule has 5 nitrogen and oxygen atoms in total. The van der Waals surface area contributed by atoms with Crippen LogP contribution in [0, 0.1) is 6.92 Å². The molecule has 0 atom stereocenters. The minimum absolute atomic E-state index is 0.105. The number of nitrogens with one attached hydrogen (secondary N) is 1. The van der Waals surface area contributed by atoms with Crippen molar-refractivity contribution in [2.75, 3.05) is 16.2 Å². The van der Waals surface area contributed by atoms with E-state index in [1.54, 1.807) is 42.5 Å². The van der Waals surface area contributed by atoms with E-state index in [1.165, 1.54) is 18.2 Å². The van der Waals surface area contributed by atoms with Crippen molar-refractivity contribution in [2.24, 2.45) is 0 Å². The van der Waals surface area contributed by atoms with Gasteiger partial charge < -0.3 is 5.32 Å². The smallest absolute Gasteiger partial charge is 0.264 e. The Kier molecular flexibility index (Phi) is 6.80. The second-order valence-electron chi connectivity index (χ2n) is 6.90. The molecule has 0 fully saturated rings. The summed E-state index contributed by atoms with van der Waals surface area (Å²) in [7, 11) is -3.97. The van der Waals surface area contributed by atoms with Crippen LogP contribution in [0.1, 0.15) is 18.1 Å². The molecule has 0 aliphatic rings. The number of hydrogen-bond donors (Lipinski definition) is 1. The molecular weight excluding hydrogens is 420 g/mol. The van der Waals surface area contributed by atoms with E-state index in [0.717, 1.165) is 21.9 Å². The van der Waals surface area contributed by atoms with Crippen LogP contribution in [-0.4, -0.2) is 20.9 Å². The molecule has 7 heteroatoms. The average molecular weight is 443 g/mol. The Labute approximate surface area is 182 Å². The lowest BCUT2D eigenvalue weighted by atomic mass is 10.1. The van der Waals surface area contributed by atoms with E-state index in [-0.39, 0.29) is 11.4 Å². The summed E-state index contributed by atoms with van der Waals surface area (Å²) >= 11 is 6.08. The number of carbonyl (C=O) groups excluding carboxylic acids is 1. The quantitative estimate of drug-likeness (QED) is 0.557. The summed E-state index contributed by atoms with van der Waals surface area (Å²) in [4.78, 5) is 12.8. The molecule has 0 spiro atoms. The van der Waals surface area contributed by atoms with Gasteiger partial charge in [0.25, 0.3) is 10.0 Å². The monoisotopic (exact) mass is 442 g/mol. The van der Waals surface area contributed by atoms with Crippen LogP contribution in [0.4, 0.5) is 11.4 Å². The Morgan fingerprint density at radius 2 is 1.67 bits per heavy atom. The lowest BCUT2D eigenvalue weighted by Crippen LogP contribution is -2.38. The highest BCUT2D eigenvalue weighted by Crippen LogP contribution is 2.26. The van der Waals surface area contributed by atoms with Gasteiger partial charge in [-0.05, 0) is 61.4 Å². The maximum atomic E-state index is 13.3. The lowest BCUT2D eigenvalue weighted by molar-refractivity contribution is -0.114. The Morgan fingerprint density at radius 3 is 2.27 bits per heavy atom. The fourth-order valence-electron chi connectivity index (χ4n) is 2.94. The maximum Gasteiger partial charge on any atom is 0.264 e. The number of benzene rings is 3. The van der Waals surface area contributed by atoms with Crippen molar-refractivity contribution in [1.29, 1.82) is 0 Å². The van der Waals surface area contributed by atoms with Gasteiger partial charge in [0.15, 0.2) is 0 Å². The molecule has 0 aliphatic heterocycles. The molecule has 0 aromatic heterocycles. The summed E-state index contributed by atoms with van der Waals surface area (Å²) in [5.41, 5.74) is 3.02. The molecule has 1 amide bonds. The van der Waals surface area contributed by atoms with Gasteiger partial charge in [0.2, 0.25) is 5.91 Å². The first-order chi connectivity index (χ1) is 14.3. The predicted octanol–water partition coefficient (Wildman–Crippen LogP) is 5.04. The average Bonchev–Trinajstić information content (AvgIpc) is 2.73. The molecule has 3 aromatic carbocycles. The van der Waals surface area contributed by atoms with Crippen LogP contribution >= 0.6 is 11.6 Å². The lowest BCUT2D eigenvalue weighted by Gasteiger charge is -2.24. The molecule has 0 bridgehead atoms. The van der Waals surface area contributed by atoms with Crippen molar-refractivity contribution >= 4 is 38.9 Å². The van der Waals surface area contributed by atoms with Crippen LogP contribution in [0.5, 0.6) is 0 Å². The van der Waals surface area contributed by atoms with Gasteiger partial charge in [-0.15, -0.1) is 0 Å². The van der Waals surface area contributed by atoms with Crippen LogP contribution in [0.3, 0.4) is 0 Å². The van der Waals surface area contributed by atoms with E-state index in [2.05, 4.69) is 5.32 Å². The number of rotatable bonds is 7. The number of nitrogens with zero attached hydrogens (tertiary/aromatic N) is 1. The Bertz CT molecular complexity index is 1130. The van der Waals surface area contributed by atoms with E-state index in [4.69, 9.17) is 11.6 Å². The standard InChI is InChI=1S/C23H23ClN2O3S/c1-3-18-9-11-20(12-10-18)25-23(27)16-26(21-6-4-5-19(24)15-21)30(28,29)22-13-7-17(2)8-14-22/h4-15H,3,16H2,1-2H3,(H,25,27). The van der Waals surface area contributed by atoms with Crippen molar-refractivity contribution < 1.29 is 13.2 Å². The van der Waals surface area contributed by atoms with Crippen LogP contribution in [-0.2, 0) is 21.2 Å². The molecular formula is C23H23ClN2O3S. The molecule has 30 heavy (non-hydrogen) atoms. The van der Waals surface area contributed by atoms with E-state index in [0.29, 0.717) is 16.4 Å². The van der Waals surface area contributed by atoms with Crippen molar-refractivity contribution in [3.05, 3.63) is 88.9 Å². The molecule has 0 aliphatic carbocycles. The summed E-state index contributed by atoms with van der Waals surface area (Å²) in [5, 5.41) is 3.14. The molecule has 1 N–H and O–H groups in total. The van der Waals surface area contributed by atoms with Gasteiger partial charge in [0.05, 0.1) is 10.6 Å². The second-order valence-corrected chi connectivity index (χ2v) is 9.20. The number of amides is 1. The van der Waals surface area contributed by atoms with E-state index >= 15 is 0 Å². The summed E-state index contributed by atoms with van der Waals surface area (Å²) in [6.45, 7) is 3.54. The van der Waals surface area contributed by atoms with Gasteiger partial charge in [-0.1, -0.05) is 54.4 Å². The van der Waals surface area contributed by atoms with Crippen LogP contribution in [0.15, 0.2) is 77.7 Å². The molecule has 0 saturated heterocycles. The molecule has 0 unspecified atom stereocenters. The topological polar surface area (TPSA) is 66.5 Å². The summed E-state index contributed by atoms with van der Waals surface area (Å²) in [5.74, 6) is -0.449. The van der Waals surface area contributed by atoms with Gasteiger partial charge >= 0.3 is 0 Å². The zero-order chi connectivity index (χ0) is 21.7. The zero-order valence-corrected chi connectivity index (χ0v) is 18.4. The first kappa shape index (κ1) is 21.9. The van der Waals surface area contributed by atoms with Gasteiger partial charge in [0.1, 0.15) is 6.54 Å². The van der Waals surface area contributed by atoms with Gasteiger partial charge in [-0.25, -0.2) is 8.42 Å². The molecule has 0 radical (unpaired) electrons. The normalized spacial score (nSPS) is 11.2.